The van der Waals surface area contributed by atoms with E-state index < -0.39 is 0 Å². The highest BCUT2D eigenvalue weighted by Gasteiger charge is 2.22. The van der Waals surface area contributed by atoms with Gasteiger partial charge in [0, 0.05) is 11.4 Å². The van der Waals surface area contributed by atoms with Crippen molar-refractivity contribution in [2.75, 3.05) is 13.1 Å². The Morgan fingerprint density at radius 2 is 2.56 bits per heavy atom. The Labute approximate surface area is 100 Å². The van der Waals surface area contributed by atoms with Gasteiger partial charge in [0.25, 0.3) is 0 Å². The summed E-state index contributed by atoms with van der Waals surface area (Å²) in [6.07, 6.45) is 2.11. The topological polar surface area (TPSA) is 41.1 Å². The molecular formula is C12H18N2OS. The Morgan fingerprint density at radius 3 is 3.19 bits per heavy atom. The van der Waals surface area contributed by atoms with Gasteiger partial charge in [-0.25, -0.2) is 0 Å². The van der Waals surface area contributed by atoms with Crippen LogP contribution in [0.4, 0.5) is 0 Å². The zero-order valence-corrected chi connectivity index (χ0v) is 10.3. The number of piperidine rings is 1. The van der Waals surface area contributed by atoms with E-state index in [1.165, 1.54) is 4.88 Å². The summed E-state index contributed by atoms with van der Waals surface area (Å²) >= 11 is 1.69. The van der Waals surface area contributed by atoms with Crippen molar-refractivity contribution >= 4 is 17.2 Å². The molecule has 2 rings (SSSR count). The lowest BCUT2D eigenvalue weighted by Crippen LogP contribution is -2.41. The maximum absolute atomic E-state index is 12.0. The van der Waals surface area contributed by atoms with E-state index in [9.17, 15) is 4.79 Å². The van der Waals surface area contributed by atoms with Crippen molar-refractivity contribution in [3.63, 3.8) is 0 Å². The van der Waals surface area contributed by atoms with Gasteiger partial charge in [0.05, 0.1) is 12.0 Å². The summed E-state index contributed by atoms with van der Waals surface area (Å²) in [4.78, 5) is 13.2. The van der Waals surface area contributed by atoms with Gasteiger partial charge in [-0.15, -0.1) is 11.3 Å². The molecule has 0 spiro atoms. The van der Waals surface area contributed by atoms with Gasteiger partial charge in [0.2, 0.25) is 5.91 Å². The summed E-state index contributed by atoms with van der Waals surface area (Å²) in [5.41, 5.74) is 0. The SMILES string of the molecule is C[C@@H](NC(=O)[C@H]1CCCNC1)c1cccs1. The minimum atomic E-state index is 0.134. The van der Waals surface area contributed by atoms with Gasteiger partial charge in [-0.1, -0.05) is 6.07 Å². The van der Waals surface area contributed by atoms with Gasteiger partial charge in [-0.2, -0.15) is 0 Å². The Kier molecular flexibility index (Phi) is 3.96. The number of hydrogen-bond acceptors (Lipinski definition) is 3. The predicted octanol–water partition coefficient (Wildman–Crippen LogP) is 1.92. The molecule has 1 aliphatic rings. The maximum Gasteiger partial charge on any atom is 0.224 e. The Hall–Kier alpha value is -0.870. The standard InChI is InChI=1S/C12H18N2OS/c1-9(11-5-3-7-16-11)14-12(15)10-4-2-6-13-8-10/h3,5,7,9-10,13H,2,4,6,8H2,1H3,(H,14,15)/t9-,10+/m1/s1. The van der Waals surface area contributed by atoms with E-state index in [1.807, 2.05) is 18.4 Å². The molecule has 88 valence electrons. The average Bonchev–Trinajstić information content (AvgIpc) is 2.83. The lowest BCUT2D eigenvalue weighted by atomic mass is 9.98. The van der Waals surface area contributed by atoms with Gasteiger partial charge in [0.15, 0.2) is 0 Å². The number of amides is 1. The van der Waals surface area contributed by atoms with Crippen LogP contribution >= 0.6 is 11.3 Å². The molecule has 4 heteroatoms. The molecule has 0 radical (unpaired) electrons. The van der Waals surface area contributed by atoms with Crippen LogP contribution in [0, 0.1) is 5.92 Å². The van der Waals surface area contributed by atoms with Crippen LogP contribution in [0.3, 0.4) is 0 Å². The first-order chi connectivity index (χ1) is 7.77. The van der Waals surface area contributed by atoms with Crippen molar-refractivity contribution in [1.82, 2.24) is 10.6 Å². The lowest BCUT2D eigenvalue weighted by Gasteiger charge is -2.23. The first kappa shape index (κ1) is 11.6. The molecule has 0 unspecified atom stereocenters. The zero-order chi connectivity index (χ0) is 11.4. The summed E-state index contributed by atoms with van der Waals surface area (Å²) in [5, 5.41) is 8.39. The third kappa shape index (κ3) is 2.83. The van der Waals surface area contributed by atoms with E-state index in [1.54, 1.807) is 11.3 Å². The van der Waals surface area contributed by atoms with Crippen molar-refractivity contribution in [2.45, 2.75) is 25.8 Å². The van der Waals surface area contributed by atoms with Crippen LogP contribution in [-0.4, -0.2) is 19.0 Å². The second-order valence-corrected chi connectivity index (χ2v) is 5.27. The maximum atomic E-state index is 12.0. The quantitative estimate of drug-likeness (QED) is 0.845. The number of carbonyl (C=O) groups is 1. The van der Waals surface area contributed by atoms with Crippen LogP contribution in [0.25, 0.3) is 0 Å². The molecule has 2 heterocycles. The highest BCUT2D eigenvalue weighted by Crippen LogP contribution is 2.19. The Morgan fingerprint density at radius 1 is 1.69 bits per heavy atom. The first-order valence-corrected chi connectivity index (χ1v) is 6.70. The fourth-order valence-corrected chi connectivity index (χ4v) is 2.75. The molecule has 2 N–H and O–H groups in total. The van der Waals surface area contributed by atoms with Crippen LogP contribution in [0.5, 0.6) is 0 Å². The summed E-state index contributed by atoms with van der Waals surface area (Å²) in [7, 11) is 0. The molecule has 1 fully saturated rings. The monoisotopic (exact) mass is 238 g/mol. The molecule has 1 aliphatic heterocycles. The first-order valence-electron chi connectivity index (χ1n) is 5.82. The molecule has 16 heavy (non-hydrogen) atoms. The van der Waals surface area contributed by atoms with Crippen LogP contribution in [-0.2, 0) is 4.79 Å². The van der Waals surface area contributed by atoms with Gasteiger partial charge in [-0.05, 0) is 37.8 Å². The number of thiophene rings is 1. The number of carbonyl (C=O) groups excluding carboxylic acids is 1. The largest absolute Gasteiger partial charge is 0.348 e. The van der Waals surface area contributed by atoms with Crippen LogP contribution < -0.4 is 10.6 Å². The van der Waals surface area contributed by atoms with Gasteiger partial charge >= 0.3 is 0 Å². The summed E-state index contributed by atoms with van der Waals surface area (Å²) in [5.74, 6) is 0.337. The van der Waals surface area contributed by atoms with Gasteiger partial charge < -0.3 is 10.6 Å². The van der Waals surface area contributed by atoms with E-state index >= 15 is 0 Å². The number of nitrogens with one attached hydrogen (secondary N) is 2. The Bertz CT molecular complexity index is 331. The predicted molar refractivity (Wildman–Crippen MR) is 66.5 cm³/mol. The van der Waals surface area contributed by atoms with Crippen molar-refractivity contribution in [3.05, 3.63) is 22.4 Å². The third-order valence-corrected chi connectivity index (χ3v) is 4.05. The van der Waals surface area contributed by atoms with E-state index in [0.29, 0.717) is 0 Å². The molecular weight excluding hydrogens is 220 g/mol. The molecule has 0 aliphatic carbocycles. The second-order valence-electron chi connectivity index (χ2n) is 4.29. The highest BCUT2D eigenvalue weighted by atomic mass is 32.1. The molecule has 1 aromatic rings. The van der Waals surface area contributed by atoms with E-state index in [0.717, 1.165) is 25.9 Å². The zero-order valence-electron chi connectivity index (χ0n) is 9.53. The normalized spacial score (nSPS) is 22.7. The molecule has 2 atom stereocenters. The third-order valence-electron chi connectivity index (χ3n) is 3.00. The molecule has 1 aromatic heterocycles. The lowest BCUT2D eigenvalue weighted by molar-refractivity contribution is -0.126. The van der Waals surface area contributed by atoms with Crippen molar-refractivity contribution < 1.29 is 4.79 Å². The second kappa shape index (κ2) is 5.46. The van der Waals surface area contributed by atoms with Gasteiger partial charge in [-0.3, -0.25) is 4.79 Å². The molecule has 0 aromatic carbocycles. The molecule has 0 saturated carbocycles. The molecule has 3 nitrogen and oxygen atoms in total. The van der Waals surface area contributed by atoms with Crippen molar-refractivity contribution in [1.29, 1.82) is 0 Å². The fraction of sp³-hybridized carbons (Fsp3) is 0.583. The summed E-state index contributed by atoms with van der Waals surface area (Å²) in [6.45, 7) is 3.91. The van der Waals surface area contributed by atoms with Crippen molar-refractivity contribution in [2.24, 2.45) is 5.92 Å². The van der Waals surface area contributed by atoms with Crippen LogP contribution in [0.1, 0.15) is 30.7 Å². The summed E-state index contributed by atoms with van der Waals surface area (Å²) in [6, 6.07) is 4.22. The minimum absolute atomic E-state index is 0.134. The van der Waals surface area contributed by atoms with Crippen molar-refractivity contribution in [3.8, 4) is 0 Å². The average molecular weight is 238 g/mol. The molecule has 1 saturated heterocycles. The number of hydrogen-bond donors (Lipinski definition) is 2. The van der Waals surface area contributed by atoms with Gasteiger partial charge in [0.1, 0.15) is 0 Å². The fourth-order valence-electron chi connectivity index (χ4n) is 2.02. The Balaban J connectivity index is 1.86. The van der Waals surface area contributed by atoms with E-state index in [2.05, 4.69) is 16.7 Å². The van der Waals surface area contributed by atoms with E-state index in [4.69, 9.17) is 0 Å². The molecule has 0 bridgehead atoms. The highest BCUT2D eigenvalue weighted by molar-refractivity contribution is 7.10. The minimum Gasteiger partial charge on any atom is -0.348 e. The molecule has 1 amide bonds. The smallest absolute Gasteiger partial charge is 0.224 e. The number of rotatable bonds is 3. The van der Waals surface area contributed by atoms with E-state index in [-0.39, 0.29) is 17.9 Å². The summed E-state index contributed by atoms with van der Waals surface area (Å²) < 4.78 is 0. The van der Waals surface area contributed by atoms with Crippen LogP contribution in [0.15, 0.2) is 17.5 Å². The van der Waals surface area contributed by atoms with Crippen LogP contribution in [0.2, 0.25) is 0 Å².